The first-order chi connectivity index (χ1) is 7.20. The molecule has 15 heavy (non-hydrogen) atoms. The molecule has 0 aliphatic heterocycles. The van der Waals surface area contributed by atoms with Crippen molar-refractivity contribution in [1.29, 1.82) is 5.26 Å². The van der Waals surface area contributed by atoms with Gasteiger partial charge in [-0.3, -0.25) is 0 Å². The van der Waals surface area contributed by atoms with Gasteiger partial charge in [-0.2, -0.15) is 5.26 Å². The van der Waals surface area contributed by atoms with Gasteiger partial charge < -0.3 is 15.7 Å². The van der Waals surface area contributed by atoms with Gasteiger partial charge in [0, 0.05) is 6.04 Å². The Morgan fingerprint density at radius 2 is 2.13 bits per heavy atom. The van der Waals surface area contributed by atoms with E-state index in [0.29, 0.717) is 5.52 Å². The molecule has 0 amide bonds. The number of hydrogen-bond acceptors (Lipinski definition) is 3. The molecule has 0 bridgehead atoms. The molecule has 4 N–H and O–H groups in total. The van der Waals surface area contributed by atoms with Crippen molar-refractivity contribution in [2.24, 2.45) is 5.73 Å². The van der Waals surface area contributed by atoms with E-state index in [0.717, 1.165) is 11.1 Å². The van der Waals surface area contributed by atoms with Gasteiger partial charge in [0.2, 0.25) is 0 Å². The van der Waals surface area contributed by atoms with E-state index in [1.807, 2.05) is 12.1 Å². The quantitative estimate of drug-likeness (QED) is 0.670. The fourth-order valence-electron chi connectivity index (χ4n) is 1.50. The van der Waals surface area contributed by atoms with Gasteiger partial charge in [0.1, 0.15) is 0 Å². The van der Waals surface area contributed by atoms with Crippen LogP contribution in [0.1, 0.15) is 18.0 Å². The Hall–Kier alpha value is -2.06. The molecule has 0 saturated heterocycles. The largest absolute Gasteiger partial charge is 0.323 e. The van der Waals surface area contributed by atoms with E-state index in [1.54, 1.807) is 12.1 Å². The Labute approximate surface area is 85.5 Å². The van der Waals surface area contributed by atoms with E-state index < -0.39 is 0 Å². The van der Waals surface area contributed by atoms with Crippen molar-refractivity contribution >= 4 is 11.0 Å². The van der Waals surface area contributed by atoms with Crippen LogP contribution in [-0.2, 0) is 0 Å². The standard InChI is InChI=1S/C10H10N4O/c11-4-3-7(12)6-1-2-8-9(5-6)14-10(15)13-8/h1-2,5,7H,3,12H2,(H2,13,14,15). The summed E-state index contributed by atoms with van der Waals surface area (Å²) in [7, 11) is 0. The Morgan fingerprint density at radius 3 is 2.87 bits per heavy atom. The van der Waals surface area contributed by atoms with Crippen molar-refractivity contribution in [3.05, 3.63) is 34.2 Å². The number of benzene rings is 1. The van der Waals surface area contributed by atoms with Crippen LogP contribution in [0.2, 0.25) is 0 Å². The van der Waals surface area contributed by atoms with E-state index in [9.17, 15) is 4.79 Å². The first kappa shape index (κ1) is 9.49. The maximum atomic E-state index is 11.0. The zero-order chi connectivity index (χ0) is 10.8. The van der Waals surface area contributed by atoms with Crippen LogP contribution in [0.25, 0.3) is 11.0 Å². The van der Waals surface area contributed by atoms with Crippen LogP contribution >= 0.6 is 0 Å². The van der Waals surface area contributed by atoms with Gasteiger partial charge in [-0.05, 0) is 17.7 Å². The maximum Gasteiger partial charge on any atom is 0.323 e. The van der Waals surface area contributed by atoms with Crippen molar-refractivity contribution < 1.29 is 0 Å². The minimum atomic E-state index is -0.308. The Bertz CT molecular complexity index is 575. The number of fused-ring (bicyclic) bond motifs is 1. The van der Waals surface area contributed by atoms with Gasteiger partial charge in [0.25, 0.3) is 0 Å². The molecule has 0 fully saturated rings. The minimum absolute atomic E-state index is 0.240. The third kappa shape index (κ3) is 1.75. The van der Waals surface area contributed by atoms with Crippen molar-refractivity contribution in [1.82, 2.24) is 9.97 Å². The van der Waals surface area contributed by atoms with E-state index in [4.69, 9.17) is 11.0 Å². The monoisotopic (exact) mass is 202 g/mol. The third-order valence-corrected chi connectivity index (χ3v) is 2.28. The second-order valence-corrected chi connectivity index (χ2v) is 3.35. The molecule has 0 radical (unpaired) electrons. The molecule has 0 saturated carbocycles. The SMILES string of the molecule is N#CCC(N)c1ccc2[nH]c(=O)[nH]c2c1. The number of nitrogens with one attached hydrogen (secondary N) is 2. The summed E-state index contributed by atoms with van der Waals surface area (Å²) in [5, 5.41) is 8.52. The highest BCUT2D eigenvalue weighted by atomic mass is 16.1. The highest BCUT2D eigenvalue weighted by molar-refractivity contribution is 5.75. The molecule has 0 spiro atoms. The first-order valence-electron chi connectivity index (χ1n) is 4.55. The predicted molar refractivity (Wildman–Crippen MR) is 56.1 cm³/mol. The molecule has 0 aliphatic rings. The molecule has 2 rings (SSSR count). The van der Waals surface area contributed by atoms with Crippen molar-refractivity contribution in [2.45, 2.75) is 12.5 Å². The molecule has 1 unspecified atom stereocenters. The van der Waals surface area contributed by atoms with Crippen LogP contribution in [0.5, 0.6) is 0 Å². The van der Waals surface area contributed by atoms with E-state index in [2.05, 4.69) is 9.97 Å². The number of hydrogen-bond donors (Lipinski definition) is 3. The number of H-pyrrole nitrogens is 2. The van der Waals surface area contributed by atoms with Gasteiger partial charge in [-0.1, -0.05) is 6.07 Å². The summed E-state index contributed by atoms with van der Waals surface area (Å²) < 4.78 is 0. The van der Waals surface area contributed by atoms with Crippen LogP contribution in [0.15, 0.2) is 23.0 Å². The zero-order valence-electron chi connectivity index (χ0n) is 7.95. The lowest BCUT2D eigenvalue weighted by Crippen LogP contribution is -2.08. The smallest absolute Gasteiger partial charge is 0.323 e. The summed E-state index contributed by atoms with van der Waals surface area (Å²) in [6.07, 6.45) is 0.264. The van der Waals surface area contributed by atoms with Crippen molar-refractivity contribution in [3.63, 3.8) is 0 Å². The number of nitriles is 1. The number of nitrogens with two attached hydrogens (primary N) is 1. The molecular weight excluding hydrogens is 192 g/mol. The summed E-state index contributed by atoms with van der Waals surface area (Å²) in [6.45, 7) is 0. The minimum Gasteiger partial charge on any atom is -0.323 e. The predicted octanol–water partition coefficient (Wildman–Crippen LogP) is 0.770. The fraction of sp³-hybridized carbons (Fsp3) is 0.200. The summed E-state index contributed by atoms with van der Waals surface area (Å²) in [5.74, 6) is 0. The topological polar surface area (TPSA) is 98.5 Å². The second-order valence-electron chi connectivity index (χ2n) is 3.35. The molecule has 76 valence electrons. The lowest BCUT2D eigenvalue weighted by molar-refractivity contribution is 0.749. The van der Waals surface area contributed by atoms with Gasteiger partial charge in [0.15, 0.2) is 0 Å². The molecule has 1 atom stereocenters. The number of rotatable bonds is 2. The lowest BCUT2D eigenvalue weighted by atomic mass is 10.1. The van der Waals surface area contributed by atoms with Crippen LogP contribution in [-0.4, -0.2) is 9.97 Å². The lowest BCUT2D eigenvalue weighted by Gasteiger charge is -2.06. The van der Waals surface area contributed by atoms with E-state index in [1.165, 1.54) is 0 Å². The number of imidazole rings is 1. The molecular formula is C10H10N4O. The number of aromatic nitrogens is 2. The molecule has 0 aliphatic carbocycles. The van der Waals surface area contributed by atoms with Gasteiger partial charge in [-0.25, -0.2) is 4.79 Å². The van der Waals surface area contributed by atoms with Gasteiger partial charge in [0.05, 0.1) is 23.5 Å². The average molecular weight is 202 g/mol. The summed E-state index contributed by atoms with van der Waals surface area (Å²) >= 11 is 0. The molecule has 2 aromatic rings. The van der Waals surface area contributed by atoms with Crippen molar-refractivity contribution in [2.75, 3.05) is 0 Å². The van der Waals surface area contributed by atoms with Crippen LogP contribution in [0.4, 0.5) is 0 Å². The summed E-state index contributed by atoms with van der Waals surface area (Å²) in [5.41, 5.74) is 7.84. The molecule has 1 aromatic carbocycles. The van der Waals surface area contributed by atoms with E-state index >= 15 is 0 Å². The highest BCUT2D eigenvalue weighted by Gasteiger charge is 2.06. The Kier molecular flexibility index (Phi) is 2.27. The van der Waals surface area contributed by atoms with Gasteiger partial charge >= 0.3 is 5.69 Å². The summed E-state index contributed by atoms with van der Waals surface area (Å²) in [6, 6.07) is 7.09. The molecule has 1 heterocycles. The fourth-order valence-corrected chi connectivity index (χ4v) is 1.50. The highest BCUT2D eigenvalue weighted by Crippen LogP contribution is 2.17. The Balaban J connectivity index is 2.47. The Morgan fingerprint density at radius 1 is 1.40 bits per heavy atom. The average Bonchev–Trinajstić information content (AvgIpc) is 2.57. The number of aromatic amines is 2. The van der Waals surface area contributed by atoms with Gasteiger partial charge in [-0.15, -0.1) is 0 Å². The second kappa shape index (κ2) is 3.59. The molecule has 5 heteroatoms. The van der Waals surface area contributed by atoms with Crippen molar-refractivity contribution in [3.8, 4) is 6.07 Å². The zero-order valence-corrected chi connectivity index (χ0v) is 7.95. The maximum absolute atomic E-state index is 11.0. The molecule has 1 aromatic heterocycles. The van der Waals surface area contributed by atoms with Crippen LogP contribution < -0.4 is 11.4 Å². The third-order valence-electron chi connectivity index (χ3n) is 2.28. The van der Waals surface area contributed by atoms with Crippen LogP contribution in [0, 0.1) is 11.3 Å². The normalized spacial score (nSPS) is 12.5. The van der Waals surface area contributed by atoms with Crippen LogP contribution in [0.3, 0.4) is 0 Å². The van der Waals surface area contributed by atoms with E-state index in [-0.39, 0.29) is 18.2 Å². The number of nitrogens with zero attached hydrogens (tertiary/aromatic N) is 1. The first-order valence-corrected chi connectivity index (χ1v) is 4.55. The summed E-state index contributed by atoms with van der Waals surface area (Å²) in [4.78, 5) is 16.3. The molecule has 5 nitrogen and oxygen atoms in total.